The van der Waals surface area contributed by atoms with Crippen LogP contribution in [0.15, 0.2) is 48.5 Å². The first-order valence-electron chi connectivity index (χ1n) is 10.9. The van der Waals surface area contributed by atoms with Crippen LogP contribution in [0.5, 0.6) is 0 Å². The molecule has 1 aliphatic carbocycles. The third-order valence-corrected chi connectivity index (χ3v) is 6.04. The Hall–Kier alpha value is -3.13. The highest BCUT2D eigenvalue weighted by Crippen LogP contribution is 2.33. The van der Waals surface area contributed by atoms with Crippen LogP contribution < -0.4 is 15.5 Å². The van der Waals surface area contributed by atoms with Crippen molar-refractivity contribution in [1.82, 2.24) is 10.6 Å². The summed E-state index contributed by atoms with van der Waals surface area (Å²) in [6.45, 7) is 1.37. The maximum atomic E-state index is 14.1. The molecule has 0 saturated heterocycles. The normalized spacial score (nSPS) is 15.8. The number of benzene rings is 2. The third-order valence-electron chi connectivity index (χ3n) is 5.69. The van der Waals surface area contributed by atoms with Crippen LogP contribution in [0.4, 0.5) is 14.9 Å². The number of nitrogens with zero attached hydrogens (tertiary/aromatic N) is 1. The van der Waals surface area contributed by atoms with Crippen LogP contribution in [0.2, 0.25) is 5.02 Å². The van der Waals surface area contributed by atoms with E-state index in [1.165, 1.54) is 25.1 Å². The van der Waals surface area contributed by atoms with Crippen LogP contribution in [0.25, 0.3) is 0 Å². The predicted molar refractivity (Wildman–Crippen MR) is 124 cm³/mol. The van der Waals surface area contributed by atoms with Gasteiger partial charge in [0.15, 0.2) is 0 Å². The molecular weight excluding hydrogens is 449 g/mol. The number of carboxylic acid groups (broad SMARTS) is 1. The Balaban J connectivity index is 2.09. The van der Waals surface area contributed by atoms with Gasteiger partial charge in [0.05, 0.1) is 0 Å². The van der Waals surface area contributed by atoms with Crippen molar-refractivity contribution in [2.45, 2.75) is 57.2 Å². The number of hydrogen-bond acceptors (Lipinski definition) is 3. The zero-order valence-corrected chi connectivity index (χ0v) is 19.0. The van der Waals surface area contributed by atoms with E-state index in [-0.39, 0.29) is 16.8 Å². The lowest BCUT2D eigenvalue weighted by Gasteiger charge is -2.35. The molecule has 0 bridgehead atoms. The number of carbonyl (C=O) groups is 3. The molecule has 1 aliphatic rings. The van der Waals surface area contributed by atoms with Gasteiger partial charge in [-0.25, -0.2) is 9.18 Å². The van der Waals surface area contributed by atoms with E-state index in [0.29, 0.717) is 5.56 Å². The van der Waals surface area contributed by atoms with Crippen molar-refractivity contribution in [3.05, 3.63) is 64.9 Å². The summed E-state index contributed by atoms with van der Waals surface area (Å²) in [6, 6.07) is 9.41. The van der Waals surface area contributed by atoms with E-state index in [2.05, 4.69) is 10.6 Å². The highest BCUT2D eigenvalue weighted by Gasteiger charge is 2.37. The molecule has 9 heteroatoms. The zero-order valence-electron chi connectivity index (χ0n) is 18.3. The smallest absolute Gasteiger partial charge is 0.405 e. The molecule has 2 atom stereocenters. The summed E-state index contributed by atoms with van der Waals surface area (Å²) >= 11 is 6.44. The summed E-state index contributed by atoms with van der Waals surface area (Å²) in [6.07, 6.45) is 3.35. The van der Waals surface area contributed by atoms with Gasteiger partial charge in [0, 0.05) is 22.3 Å². The maximum Gasteiger partial charge on any atom is 0.405 e. The third kappa shape index (κ3) is 6.22. The van der Waals surface area contributed by atoms with Gasteiger partial charge in [-0.3, -0.25) is 14.5 Å². The molecule has 2 aromatic rings. The van der Waals surface area contributed by atoms with Crippen molar-refractivity contribution < 1.29 is 23.9 Å². The van der Waals surface area contributed by atoms with Crippen LogP contribution in [-0.2, 0) is 9.59 Å². The average molecular weight is 476 g/mol. The lowest BCUT2D eigenvalue weighted by atomic mass is 9.94. The summed E-state index contributed by atoms with van der Waals surface area (Å²) in [5.74, 6) is -1.78. The second kappa shape index (κ2) is 11.1. The molecular formula is C24H27ClFN3O4. The van der Waals surface area contributed by atoms with E-state index >= 15 is 0 Å². The Morgan fingerprint density at radius 2 is 1.79 bits per heavy atom. The molecule has 0 radical (unpaired) electrons. The van der Waals surface area contributed by atoms with Gasteiger partial charge in [-0.15, -0.1) is 0 Å². The first kappa shape index (κ1) is 24.5. The van der Waals surface area contributed by atoms with Gasteiger partial charge in [0.25, 0.3) is 0 Å². The number of halogens is 2. The van der Waals surface area contributed by atoms with Gasteiger partial charge in [-0.05, 0) is 44.0 Å². The van der Waals surface area contributed by atoms with Crippen LogP contribution in [0, 0.1) is 5.82 Å². The lowest BCUT2D eigenvalue weighted by Crippen LogP contribution is -2.52. The van der Waals surface area contributed by atoms with E-state index in [0.717, 1.165) is 43.1 Å². The number of amides is 3. The summed E-state index contributed by atoms with van der Waals surface area (Å²) in [5, 5.41) is 14.5. The van der Waals surface area contributed by atoms with Crippen molar-refractivity contribution in [3.8, 4) is 0 Å². The number of anilines is 1. The molecule has 0 aliphatic heterocycles. The molecule has 1 saturated carbocycles. The van der Waals surface area contributed by atoms with Crippen molar-refractivity contribution in [2.75, 3.05) is 4.90 Å². The molecule has 0 spiro atoms. The lowest BCUT2D eigenvalue weighted by molar-refractivity contribution is -0.127. The van der Waals surface area contributed by atoms with Gasteiger partial charge < -0.3 is 15.7 Å². The fourth-order valence-electron chi connectivity index (χ4n) is 4.11. The average Bonchev–Trinajstić information content (AvgIpc) is 2.78. The summed E-state index contributed by atoms with van der Waals surface area (Å²) in [4.78, 5) is 39.4. The monoisotopic (exact) mass is 475 g/mol. The predicted octanol–water partition coefficient (Wildman–Crippen LogP) is 4.66. The molecule has 3 rings (SSSR count). The number of nitrogens with one attached hydrogen (secondary N) is 2. The van der Waals surface area contributed by atoms with Crippen LogP contribution in [0.3, 0.4) is 0 Å². The van der Waals surface area contributed by atoms with E-state index < -0.39 is 35.8 Å². The van der Waals surface area contributed by atoms with Crippen LogP contribution in [-0.4, -0.2) is 35.1 Å². The second-order valence-corrected chi connectivity index (χ2v) is 8.53. The molecule has 0 heterocycles. The van der Waals surface area contributed by atoms with Crippen molar-refractivity contribution in [3.63, 3.8) is 0 Å². The Bertz CT molecular complexity index is 1010. The Kier molecular flexibility index (Phi) is 8.27. The van der Waals surface area contributed by atoms with Gasteiger partial charge in [0.1, 0.15) is 17.9 Å². The molecule has 33 heavy (non-hydrogen) atoms. The zero-order chi connectivity index (χ0) is 24.0. The van der Waals surface area contributed by atoms with Crippen LogP contribution >= 0.6 is 11.6 Å². The van der Waals surface area contributed by atoms with E-state index in [4.69, 9.17) is 16.7 Å². The molecule has 7 nitrogen and oxygen atoms in total. The van der Waals surface area contributed by atoms with Gasteiger partial charge in [0.2, 0.25) is 11.8 Å². The molecule has 1 unspecified atom stereocenters. The first-order chi connectivity index (χ1) is 15.8. The van der Waals surface area contributed by atoms with E-state index in [1.807, 2.05) is 0 Å². The highest BCUT2D eigenvalue weighted by molar-refractivity contribution is 6.31. The molecule has 0 aromatic heterocycles. The Labute approximate surface area is 196 Å². The van der Waals surface area contributed by atoms with Crippen molar-refractivity contribution >= 4 is 35.2 Å². The topological polar surface area (TPSA) is 98.7 Å². The molecule has 3 N–H and O–H groups in total. The van der Waals surface area contributed by atoms with Crippen LogP contribution in [0.1, 0.15) is 50.6 Å². The summed E-state index contributed by atoms with van der Waals surface area (Å²) in [7, 11) is 0. The van der Waals surface area contributed by atoms with Gasteiger partial charge in [-0.1, -0.05) is 55.1 Å². The van der Waals surface area contributed by atoms with Crippen molar-refractivity contribution in [1.29, 1.82) is 0 Å². The number of rotatable bonds is 7. The minimum absolute atomic E-state index is 0.0460. The molecule has 2 aromatic carbocycles. The Morgan fingerprint density at radius 1 is 1.09 bits per heavy atom. The standard InChI is InChI=1S/C24H27ClFN3O4/c1-15(27-24(32)33)23(31)29(18-11-7-8-16(26)14-18)21(19-12-5-6-13-20(19)25)22(30)28-17-9-3-2-4-10-17/h5-8,11-15,17,21,27H,2-4,9-10H2,1H3,(H,28,30)(H,32,33)/t15-,21?/m1/s1. The second-order valence-electron chi connectivity index (χ2n) is 8.13. The fourth-order valence-corrected chi connectivity index (χ4v) is 4.35. The molecule has 1 fully saturated rings. The van der Waals surface area contributed by atoms with E-state index in [9.17, 15) is 18.8 Å². The maximum absolute atomic E-state index is 14.1. The quantitative estimate of drug-likeness (QED) is 0.542. The largest absolute Gasteiger partial charge is 0.465 e. The van der Waals surface area contributed by atoms with Crippen molar-refractivity contribution in [2.24, 2.45) is 0 Å². The number of hydrogen-bond donors (Lipinski definition) is 3. The fraction of sp³-hybridized carbons (Fsp3) is 0.375. The minimum atomic E-state index is -1.39. The van der Waals surface area contributed by atoms with E-state index in [1.54, 1.807) is 24.3 Å². The Morgan fingerprint density at radius 3 is 2.42 bits per heavy atom. The molecule has 3 amide bonds. The molecule has 176 valence electrons. The first-order valence-corrected chi connectivity index (χ1v) is 11.3. The number of carbonyl (C=O) groups excluding carboxylic acids is 2. The summed E-state index contributed by atoms with van der Waals surface area (Å²) < 4.78 is 14.1. The van der Waals surface area contributed by atoms with Gasteiger partial charge in [-0.2, -0.15) is 0 Å². The summed E-state index contributed by atoms with van der Waals surface area (Å²) in [5.41, 5.74) is 0.468. The van der Waals surface area contributed by atoms with Gasteiger partial charge >= 0.3 is 6.09 Å². The minimum Gasteiger partial charge on any atom is -0.465 e. The SMILES string of the molecule is C[C@@H](NC(=O)O)C(=O)N(c1cccc(F)c1)C(C(=O)NC1CCCCC1)c1ccccc1Cl. The highest BCUT2D eigenvalue weighted by atomic mass is 35.5.